The van der Waals surface area contributed by atoms with E-state index in [2.05, 4.69) is 10.6 Å². The van der Waals surface area contributed by atoms with Gasteiger partial charge >= 0.3 is 0 Å². The van der Waals surface area contributed by atoms with Crippen LogP contribution >= 0.6 is 12.4 Å². The zero-order chi connectivity index (χ0) is 13.0. The highest BCUT2D eigenvalue weighted by Crippen LogP contribution is 2.19. The normalized spacial score (nSPS) is 15.9. The van der Waals surface area contributed by atoms with Crippen molar-refractivity contribution in [2.24, 2.45) is 5.92 Å². The standard InChI is InChI=1S/C14H20N2O2.ClH/c1-10(12-3-5-13(18-2)6-4-12)14(17)16-9-11-7-15-8-11;/h3-6,10-11,15H,7-9H2,1-2H3,(H,16,17);1H. The first-order valence-electron chi connectivity index (χ1n) is 6.33. The molecule has 1 aromatic rings. The highest BCUT2D eigenvalue weighted by molar-refractivity contribution is 5.85. The Morgan fingerprint density at radius 2 is 2.05 bits per heavy atom. The minimum atomic E-state index is -0.121. The van der Waals surface area contributed by atoms with Gasteiger partial charge in [-0.15, -0.1) is 12.4 Å². The molecule has 1 aliphatic rings. The van der Waals surface area contributed by atoms with Gasteiger partial charge in [-0.3, -0.25) is 4.79 Å². The van der Waals surface area contributed by atoms with Crippen LogP contribution in [-0.4, -0.2) is 32.7 Å². The molecule has 0 radical (unpaired) electrons. The minimum absolute atomic E-state index is 0. The second-order valence-electron chi connectivity index (χ2n) is 4.76. The Hall–Kier alpha value is -1.26. The average Bonchev–Trinajstić information content (AvgIpc) is 2.36. The van der Waals surface area contributed by atoms with Gasteiger partial charge in [-0.05, 0) is 24.6 Å². The molecule has 0 spiro atoms. The van der Waals surface area contributed by atoms with Gasteiger partial charge in [-0.1, -0.05) is 12.1 Å². The number of hydrogen-bond donors (Lipinski definition) is 2. The first kappa shape index (κ1) is 15.8. The summed E-state index contributed by atoms with van der Waals surface area (Å²) in [5.74, 6) is 1.37. The van der Waals surface area contributed by atoms with Gasteiger partial charge in [0.1, 0.15) is 5.75 Å². The molecule has 1 fully saturated rings. The van der Waals surface area contributed by atoms with Crippen LogP contribution < -0.4 is 15.4 Å². The number of ether oxygens (including phenoxy) is 1. The molecule has 0 bridgehead atoms. The van der Waals surface area contributed by atoms with Gasteiger partial charge in [0.2, 0.25) is 5.91 Å². The number of amides is 1. The van der Waals surface area contributed by atoms with Gasteiger partial charge in [0.25, 0.3) is 0 Å². The summed E-state index contributed by atoms with van der Waals surface area (Å²) >= 11 is 0. The number of nitrogens with one attached hydrogen (secondary N) is 2. The molecule has 19 heavy (non-hydrogen) atoms. The lowest BCUT2D eigenvalue weighted by atomic mass is 9.99. The first-order valence-corrected chi connectivity index (χ1v) is 6.33. The van der Waals surface area contributed by atoms with Crippen molar-refractivity contribution in [2.45, 2.75) is 12.8 Å². The summed E-state index contributed by atoms with van der Waals surface area (Å²) in [4.78, 5) is 12.0. The summed E-state index contributed by atoms with van der Waals surface area (Å²) in [5.41, 5.74) is 1.01. The van der Waals surface area contributed by atoms with Gasteiger partial charge in [-0.2, -0.15) is 0 Å². The fraction of sp³-hybridized carbons (Fsp3) is 0.500. The van der Waals surface area contributed by atoms with Crippen molar-refractivity contribution in [3.8, 4) is 5.75 Å². The van der Waals surface area contributed by atoms with E-state index < -0.39 is 0 Å². The largest absolute Gasteiger partial charge is 0.497 e. The maximum absolute atomic E-state index is 12.0. The monoisotopic (exact) mass is 284 g/mol. The van der Waals surface area contributed by atoms with E-state index in [0.29, 0.717) is 5.92 Å². The third kappa shape index (κ3) is 4.11. The molecule has 1 saturated heterocycles. The zero-order valence-electron chi connectivity index (χ0n) is 11.3. The van der Waals surface area contributed by atoms with E-state index in [-0.39, 0.29) is 24.2 Å². The van der Waals surface area contributed by atoms with Crippen molar-refractivity contribution in [2.75, 3.05) is 26.7 Å². The quantitative estimate of drug-likeness (QED) is 0.863. The number of halogens is 1. The molecule has 1 aromatic carbocycles. The molecule has 5 heteroatoms. The van der Waals surface area contributed by atoms with Gasteiger partial charge in [-0.25, -0.2) is 0 Å². The highest BCUT2D eigenvalue weighted by atomic mass is 35.5. The van der Waals surface area contributed by atoms with Crippen LogP contribution in [0.5, 0.6) is 5.75 Å². The van der Waals surface area contributed by atoms with Crippen LogP contribution in [0, 0.1) is 5.92 Å². The van der Waals surface area contributed by atoms with E-state index in [0.717, 1.165) is 30.9 Å². The summed E-state index contributed by atoms with van der Waals surface area (Å²) in [7, 11) is 1.64. The number of rotatable bonds is 5. The molecule has 1 heterocycles. The Bertz CT molecular complexity index is 404. The van der Waals surface area contributed by atoms with E-state index in [1.54, 1.807) is 7.11 Å². The highest BCUT2D eigenvalue weighted by Gasteiger charge is 2.20. The van der Waals surface area contributed by atoms with Crippen molar-refractivity contribution in [1.29, 1.82) is 0 Å². The maximum Gasteiger partial charge on any atom is 0.227 e. The number of hydrogen-bond acceptors (Lipinski definition) is 3. The molecule has 0 aromatic heterocycles. The minimum Gasteiger partial charge on any atom is -0.497 e. The summed E-state index contributed by atoms with van der Waals surface area (Å²) < 4.78 is 5.10. The molecule has 1 atom stereocenters. The maximum atomic E-state index is 12.0. The molecule has 0 aliphatic carbocycles. The number of carbonyl (C=O) groups excluding carboxylic acids is 1. The Morgan fingerprint density at radius 1 is 1.42 bits per heavy atom. The van der Waals surface area contributed by atoms with Crippen molar-refractivity contribution in [3.05, 3.63) is 29.8 Å². The van der Waals surface area contributed by atoms with Crippen LogP contribution in [-0.2, 0) is 4.79 Å². The van der Waals surface area contributed by atoms with E-state index in [1.807, 2.05) is 31.2 Å². The molecule has 1 aliphatic heterocycles. The average molecular weight is 285 g/mol. The van der Waals surface area contributed by atoms with E-state index in [4.69, 9.17) is 4.74 Å². The molecule has 4 nitrogen and oxygen atoms in total. The van der Waals surface area contributed by atoms with Crippen LogP contribution in [0.3, 0.4) is 0 Å². The van der Waals surface area contributed by atoms with Crippen LogP contribution in [0.1, 0.15) is 18.4 Å². The van der Waals surface area contributed by atoms with Gasteiger partial charge in [0, 0.05) is 25.6 Å². The summed E-state index contributed by atoms with van der Waals surface area (Å²) in [5, 5.41) is 6.19. The molecule has 0 saturated carbocycles. The fourth-order valence-electron chi connectivity index (χ4n) is 1.93. The lowest BCUT2D eigenvalue weighted by Crippen LogP contribution is -2.48. The van der Waals surface area contributed by atoms with E-state index in [1.165, 1.54) is 0 Å². The topological polar surface area (TPSA) is 50.4 Å². The Labute approximate surface area is 120 Å². The summed E-state index contributed by atoms with van der Waals surface area (Å²) in [6.45, 7) is 4.72. The number of benzene rings is 1. The Kier molecular flexibility index (Phi) is 6.12. The lowest BCUT2D eigenvalue weighted by molar-refractivity contribution is -0.122. The van der Waals surface area contributed by atoms with Crippen LogP contribution in [0.25, 0.3) is 0 Å². The first-order chi connectivity index (χ1) is 8.70. The molecule has 1 unspecified atom stereocenters. The SMILES string of the molecule is COc1ccc(C(C)C(=O)NCC2CNC2)cc1.Cl. The molecular weight excluding hydrogens is 264 g/mol. The fourth-order valence-corrected chi connectivity index (χ4v) is 1.93. The summed E-state index contributed by atoms with van der Waals surface area (Å²) in [6.07, 6.45) is 0. The lowest BCUT2D eigenvalue weighted by Gasteiger charge is -2.27. The molecule has 1 amide bonds. The predicted molar refractivity (Wildman–Crippen MR) is 78.0 cm³/mol. The van der Waals surface area contributed by atoms with Crippen molar-refractivity contribution >= 4 is 18.3 Å². The Balaban J connectivity index is 0.00000180. The zero-order valence-corrected chi connectivity index (χ0v) is 12.1. The van der Waals surface area contributed by atoms with E-state index >= 15 is 0 Å². The molecule has 106 valence electrons. The number of methoxy groups -OCH3 is 1. The second-order valence-corrected chi connectivity index (χ2v) is 4.76. The second kappa shape index (κ2) is 7.36. The van der Waals surface area contributed by atoms with Crippen LogP contribution in [0.15, 0.2) is 24.3 Å². The summed E-state index contributed by atoms with van der Waals surface area (Å²) in [6, 6.07) is 7.64. The van der Waals surface area contributed by atoms with Crippen molar-refractivity contribution < 1.29 is 9.53 Å². The van der Waals surface area contributed by atoms with Crippen molar-refractivity contribution in [1.82, 2.24) is 10.6 Å². The van der Waals surface area contributed by atoms with Gasteiger partial charge in [0.05, 0.1) is 13.0 Å². The Morgan fingerprint density at radius 3 is 2.53 bits per heavy atom. The number of carbonyl (C=O) groups is 1. The third-order valence-electron chi connectivity index (χ3n) is 3.44. The van der Waals surface area contributed by atoms with E-state index in [9.17, 15) is 4.79 Å². The van der Waals surface area contributed by atoms with Crippen LogP contribution in [0.2, 0.25) is 0 Å². The smallest absolute Gasteiger partial charge is 0.227 e. The molecule has 2 N–H and O–H groups in total. The predicted octanol–water partition coefficient (Wildman–Crippen LogP) is 1.56. The molecule has 2 rings (SSSR count). The molecular formula is C14H21ClN2O2. The van der Waals surface area contributed by atoms with Crippen LogP contribution in [0.4, 0.5) is 0 Å². The van der Waals surface area contributed by atoms with Gasteiger partial charge < -0.3 is 15.4 Å². The van der Waals surface area contributed by atoms with Crippen molar-refractivity contribution in [3.63, 3.8) is 0 Å². The third-order valence-corrected chi connectivity index (χ3v) is 3.44. The van der Waals surface area contributed by atoms with Gasteiger partial charge in [0.15, 0.2) is 0 Å².